The Balaban J connectivity index is 1.96. The third kappa shape index (κ3) is 3.59. The molecule has 0 saturated heterocycles. The number of nitrogens with zero attached hydrogens (tertiary/aromatic N) is 3. The van der Waals surface area contributed by atoms with Crippen molar-refractivity contribution in [2.75, 3.05) is 19.0 Å². The lowest BCUT2D eigenvalue weighted by atomic mass is 9.83. The fraction of sp³-hybridized carbons (Fsp3) is 0.611. The lowest BCUT2D eigenvalue weighted by molar-refractivity contribution is 0.122. The summed E-state index contributed by atoms with van der Waals surface area (Å²) in [5.74, 6) is 1.60. The van der Waals surface area contributed by atoms with Crippen LogP contribution in [0.25, 0.3) is 10.9 Å². The molecule has 1 aliphatic rings. The van der Waals surface area contributed by atoms with Crippen LogP contribution in [0.5, 0.6) is 5.88 Å². The Labute approximate surface area is 142 Å². The quantitative estimate of drug-likeness (QED) is 0.791. The van der Waals surface area contributed by atoms with Crippen LogP contribution in [0.4, 0.5) is 5.95 Å². The highest BCUT2D eigenvalue weighted by Crippen LogP contribution is 2.37. The molecule has 0 atom stereocenters. The van der Waals surface area contributed by atoms with Gasteiger partial charge in [0.2, 0.25) is 11.8 Å². The Morgan fingerprint density at radius 2 is 2.00 bits per heavy atom. The number of pyridine rings is 1. The summed E-state index contributed by atoms with van der Waals surface area (Å²) in [6, 6.07) is 0. The Bertz CT molecular complexity index is 684. The number of rotatable bonds is 6. The third-order valence-corrected chi connectivity index (χ3v) is 4.76. The first-order chi connectivity index (χ1) is 11.7. The second-order valence-corrected chi connectivity index (χ2v) is 6.46. The molecule has 1 fully saturated rings. The molecule has 2 heterocycles. The summed E-state index contributed by atoms with van der Waals surface area (Å²) in [5, 5.41) is 13.9. The molecule has 0 unspecified atom stereocenters. The monoisotopic (exact) mass is 330 g/mol. The van der Waals surface area contributed by atoms with E-state index in [-0.39, 0.29) is 6.10 Å². The number of methoxy groups -OCH3 is 1. The van der Waals surface area contributed by atoms with E-state index < -0.39 is 0 Å². The second-order valence-electron chi connectivity index (χ2n) is 6.46. The summed E-state index contributed by atoms with van der Waals surface area (Å²) < 4.78 is 5.37. The van der Waals surface area contributed by atoms with Crippen molar-refractivity contribution in [3.05, 3.63) is 18.0 Å². The number of ether oxygens (including phenoxy) is 1. The fourth-order valence-electron chi connectivity index (χ4n) is 3.33. The zero-order valence-corrected chi connectivity index (χ0v) is 14.5. The summed E-state index contributed by atoms with van der Waals surface area (Å²) >= 11 is 0. The maximum atomic E-state index is 9.76. The number of anilines is 1. The number of aliphatic hydroxyl groups excluding tert-OH is 1. The van der Waals surface area contributed by atoms with Gasteiger partial charge in [-0.1, -0.05) is 13.3 Å². The largest absolute Gasteiger partial charge is 0.480 e. The van der Waals surface area contributed by atoms with E-state index in [9.17, 15) is 5.11 Å². The average molecular weight is 330 g/mol. The molecule has 0 radical (unpaired) electrons. The Hall–Kier alpha value is -1.95. The van der Waals surface area contributed by atoms with E-state index in [1.54, 1.807) is 13.3 Å². The van der Waals surface area contributed by atoms with Crippen LogP contribution in [0, 0.1) is 0 Å². The van der Waals surface area contributed by atoms with Crippen molar-refractivity contribution in [1.29, 1.82) is 0 Å². The first-order valence-corrected chi connectivity index (χ1v) is 8.84. The molecule has 6 nitrogen and oxygen atoms in total. The van der Waals surface area contributed by atoms with Gasteiger partial charge in [-0.2, -0.15) is 0 Å². The third-order valence-electron chi connectivity index (χ3n) is 4.76. The highest BCUT2D eigenvalue weighted by Gasteiger charge is 2.24. The van der Waals surface area contributed by atoms with Crippen LogP contribution in [0.2, 0.25) is 0 Å². The highest BCUT2D eigenvalue weighted by atomic mass is 16.5. The molecular weight excluding hydrogens is 304 g/mol. The number of nitrogens with one attached hydrogen (secondary N) is 1. The molecule has 130 valence electrons. The molecular formula is C18H26N4O2. The Morgan fingerprint density at radius 1 is 1.21 bits per heavy atom. The highest BCUT2D eigenvalue weighted by molar-refractivity contribution is 5.86. The van der Waals surface area contributed by atoms with E-state index in [1.165, 1.54) is 0 Å². The van der Waals surface area contributed by atoms with Crippen molar-refractivity contribution in [1.82, 2.24) is 15.0 Å². The van der Waals surface area contributed by atoms with Gasteiger partial charge in [0.15, 0.2) is 0 Å². The molecule has 0 aromatic carbocycles. The van der Waals surface area contributed by atoms with Gasteiger partial charge >= 0.3 is 0 Å². The topological polar surface area (TPSA) is 80.2 Å². The van der Waals surface area contributed by atoms with E-state index in [2.05, 4.69) is 22.2 Å². The number of hydrogen-bond acceptors (Lipinski definition) is 6. The zero-order valence-electron chi connectivity index (χ0n) is 14.5. The fourth-order valence-corrected chi connectivity index (χ4v) is 3.33. The van der Waals surface area contributed by atoms with Crippen LogP contribution in [0.3, 0.4) is 0 Å². The molecule has 6 heteroatoms. The van der Waals surface area contributed by atoms with Crippen molar-refractivity contribution in [3.8, 4) is 5.88 Å². The number of hydrogen-bond donors (Lipinski definition) is 2. The van der Waals surface area contributed by atoms with E-state index in [0.717, 1.165) is 61.5 Å². The van der Waals surface area contributed by atoms with Gasteiger partial charge < -0.3 is 15.2 Å². The molecule has 0 aliphatic heterocycles. The van der Waals surface area contributed by atoms with Gasteiger partial charge in [0.05, 0.1) is 24.1 Å². The van der Waals surface area contributed by atoms with E-state index >= 15 is 0 Å². The molecule has 2 aromatic heterocycles. The van der Waals surface area contributed by atoms with Crippen LogP contribution >= 0.6 is 0 Å². The van der Waals surface area contributed by atoms with Crippen molar-refractivity contribution < 1.29 is 9.84 Å². The molecule has 1 aliphatic carbocycles. The number of fused-ring (bicyclic) bond motifs is 1. The summed E-state index contributed by atoms with van der Waals surface area (Å²) in [6.07, 6.45) is 9.34. The van der Waals surface area contributed by atoms with Crippen LogP contribution in [0.1, 0.15) is 56.9 Å². The Morgan fingerprint density at radius 3 is 2.71 bits per heavy atom. The minimum atomic E-state index is -0.167. The van der Waals surface area contributed by atoms with Crippen molar-refractivity contribution >= 4 is 16.9 Å². The van der Waals surface area contributed by atoms with Crippen LogP contribution in [-0.4, -0.2) is 39.8 Å². The van der Waals surface area contributed by atoms with E-state index in [4.69, 9.17) is 9.72 Å². The first kappa shape index (κ1) is 16.9. The zero-order chi connectivity index (χ0) is 16.9. The van der Waals surface area contributed by atoms with E-state index in [0.29, 0.717) is 17.7 Å². The first-order valence-electron chi connectivity index (χ1n) is 8.84. The maximum absolute atomic E-state index is 9.76. The Kier molecular flexibility index (Phi) is 5.45. The second kappa shape index (κ2) is 7.75. The molecule has 0 amide bonds. The summed E-state index contributed by atoms with van der Waals surface area (Å²) in [7, 11) is 1.62. The van der Waals surface area contributed by atoms with Gasteiger partial charge in [0, 0.05) is 24.5 Å². The van der Waals surface area contributed by atoms with Gasteiger partial charge in [-0.3, -0.25) is 0 Å². The maximum Gasteiger partial charge on any atom is 0.224 e. The molecule has 0 bridgehead atoms. The smallest absolute Gasteiger partial charge is 0.224 e. The van der Waals surface area contributed by atoms with Gasteiger partial charge in [-0.15, -0.1) is 0 Å². The predicted molar refractivity (Wildman–Crippen MR) is 94.5 cm³/mol. The lowest BCUT2D eigenvalue weighted by Crippen LogP contribution is -2.17. The average Bonchev–Trinajstić information content (AvgIpc) is 2.62. The summed E-state index contributed by atoms with van der Waals surface area (Å²) in [4.78, 5) is 13.6. The van der Waals surface area contributed by atoms with Crippen LogP contribution in [-0.2, 0) is 0 Å². The van der Waals surface area contributed by atoms with Gasteiger partial charge in [0.25, 0.3) is 0 Å². The van der Waals surface area contributed by atoms with Gasteiger partial charge in [-0.05, 0) is 38.0 Å². The van der Waals surface area contributed by atoms with Crippen molar-refractivity contribution in [3.63, 3.8) is 0 Å². The standard InChI is InChI=1S/C18H26N4O2/c1-3-4-9-19-18-21-11-15-16(22-18)14(10-20-17(15)24-2)12-5-7-13(23)8-6-12/h10-13,23H,3-9H2,1-2H3,(H,19,21,22)/t12-,13-. The van der Waals surface area contributed by atoms with Gasteiger partial charge in [0.1, 0.15) is 0 Å². The number of unbranched alkanes of at least 4 members (excludes halogenated alkanes) is 1. The lowest BCUT2D eigenvalue weighted by Gasteiger charge is -2.26. The minimum Gasteiger partial charge on any atom is -0.480 e. The van der Waals surface area contributed by atoms with Crippen molar-refractivity contribution in [2.24, 2.45) is 0 Å². The van der Waals surface area contributed by atoms with Gasteiger partial charge in [-0.25, -0.2) is 15.0 Å². The molecule has 24 heavy (non-hydrogen) atoms. The number of aromatic nitrogens is 3. The minimum absolute atomic E-state index is 0.167. The summed E-state index contributed by atoms with van der Waals surface area (Å²) in [5.41, 5.74) is 2.05. The van der Waals surface area contributed by atoms with E-state index in [1.807, 2.05) is 6.20 Å². The predicted octanol–water partition coefficient (Wildman–Crippen LogP) is 3.26. The normalized spacial score (nSPS) is 21.0. The molecule has 2 N–H and O–H groups in total. The molecule has 0 spiro atoms. The van der Waals surface area contributed by atoms with Crippen molar-refractivity contribution in [2.45, 2.75) is 57.5 Å². The SMILES string of the molecule is CCCCNc1ncc2c(OC)ncc([C@H]3CC[C@H](O)CC3)c2n1. The molecule has 2 aromatic rings. The summed E-state index contributed by atoms with van der Waals surface area (Å²) in [6.45, 7) is 3.03. The molecule has 1 saturated carbocycles. The van der Waals surface area contributed by atoms with Crippen LogP contribution in [0.15, 0.2) is 12.4 Å². The van der Waals surface area contributed by atoms with Crippen LogP contribution < -0.4 is 10.1 Å². The molecule has 3 rings (SSSR count). The number of aliphatic hydroxyl groups is 1.